The van der Waals surface area contributed by atoms with E-state index in [1.165, 1.54) is 0 Å². The van der Waals surface area contributed by atoms with Gasteiger partial charge in [-0.15, -0.1) is 0 Å². The molecular formula is C18H25NO3. The molecule has 2 saturated heterocycles. The summed E-state index contributed by atoms with van der Waals surface area (Å²) in [7, 11) is 0. The molecule has 3 rings (SSSR count). The molecule has 4 nitrogen and oxygen atoms in total. The summed E-state index contributed by atoms with van der Waals surface area (Å²) in [5.74, 6) is 1.05. The zero-order chi connectivity index (χ0) is 15.3. The maximum atomic E-state index is 12.3. The van der Waals surface area contributed by atoms with Crippen molar-refractivity contribution in [2.75, 3.05) is 32.9 Å². The van der Waals surface area contributed by atoms with Crippen molar-refractivity contribution in [3.63, 3.8) is 0 Å². The van der Waals surface area contributed by atoms with E-state index in [0.29, 0.717) is 18.4 Å². The van der Waals surface area contributed by atoms with Gasteiger partial charge in [-0.1, -0.05) is 18.2 Å². The summed E-state index contributed by atoms with van der Waals surface area (Å²) >= 11 is 0. The van der Waals surface area contributed by atoms with Crippen LogP contribution in [0.2, 0.25) is 0 Å². The van der Waals surface area contributed by atoms with Gasteiger partial charge in [-0.25, -0.2) is 0 Å². The number of carbonyl (C=O) groups excluding carboxylic acids is 1. The van der Waals surface area contributed by atoms with Gasteiger partial charge in [0.2, 0.25) is 5.91 Å². The lowest BCUT2D eigenvalue weighted by Crippen LogP contribution is -2.45. The van der Waals surface area contributed by atoms with Crippen LogP contribution < -0.4 is 4.74 Å². The fraction of sp³-hybridized carbons (Fsp3) is 0.611. The first-order chi connectivity index (χ1) is 10.8. The van der Waals surface area contributed by atoms with E-state index in [1.54, 1.807) is 0 Å². The summed E-state index contributed by atoms with van der Waals surface area (Å²) in [5.41, 5.74) is 0.440. The van der Waals surface area contributed by atoms with Crippen LogP contribution >= 0.6 is 0 Å². The number of ether oxygens (including phenoxy) is 2. The molecule has 0 aliphatic carbocycles. The number of rotatable bonds is 4. The van der Waals surface area contributed by atoms with Gasteiger partial charge in [0.05, 0.1) is 13.0 Å². The molecule has 1 spiro atoms. The molecule has 2 aliphatic rings. The van der Waals surface area contributed by atoms with Crippen molar-refractivity contribution in [2.24, 2.45) is 5.41 Å². The highest BCUT2D eigenvalue weighted by Gasteiger charge is 2.36. The van der Waals surface area contributed by atoms with Crippen LogP contribution in [0.15, 0.2) is 30.3 Å². The van der Waals surface area contributed by atoms with Crippen molar-refractivity contribution in [3.8, 4) is 5.75 Å². The third kappa shape index (κ3) is 3.80. The Morgan fingerprint density at radius 2 is 1.77 bits per heavy atom. The van der Waals surface area contributed by atoms with Gasteiger partial charge < -0.3 is 14.4 Å². The van der Waals surface area contributed by atoms with Crippen LogP contribution in [0.3, 0.4) is 0 Å². The molecule has 120 valence electrons. The third-order valence-electron chi connectivity index (χ3n) is 5.06. The van der Waals surface area contributed by atoms with Crippen LogP contribution in [0.1, 0.15) is 32.1 Å². The number of para-hydroxylation sites is 1. The number of carbonyl (C=O) groups is 1. The first kappa shape index (κ1) is 15.3. The lowest BCUT2D eigenvalue weighted by atomic mass is 9.72. The normalized spacial score (nSPS) is 20.8. The van der Waals surface area contributed by atoms with E-state index in [-0.39, 0.29) is 5.91 Å². The Hall–Kier alpha value is -1.55. The Kier molecular flexibility index (Phi) is 4.98. The monoisotopic (exact) mass is 303 g/mol. The molecule has 2 aliphatic heterocycles. The number of nitrogens with zero attached hydrogens (tertiary/aromatic N) is 1. The number of piperidine rings is 1. The Bertz CT molecular complexity index is 472. The SMILES string of the molecule is O=C(CCOc1ccccc1)N1CCC2(CCOCC2)CC1. The predicted molar refractivity (Wildman–Crippen MR) is 84.9 cm³/mol. The fourth-order valence-corrected chi connectivity index (χ4v) is 3.47. The lowest BCUT2D eigenvalue weighted by Gasteiger charge is -2.44. The lowest BCUT2D eigenvalue weighted by molar-refractivity contribution is -0.135. The summed E-state index contributed by atoms with van der Waals surface area (Å²) in [4.78, 5) is 14.3. The quantitative estimate of drug-likeness (QED) is 0.858. The molecule has 4 heteroatoms. The van der Waals surface area contributed by atoms with Crippen LogP contribution in [0.5, 0.6) is 5.75 Å². The van der Waals surface area contributed by atoms with E-state index in [0.717, 1.165) is 57.7 Å². The number of benzene rings is 1. The molecule has 0 saturated carbocycles. The predicted octanol–water partition coefficient (Wildman–Crippen LogP) is 2.87. The van der Waals surface area contributed by atoms with Gasteiger partial charge in [-0.05, 0) is 43.2 Å². The van der Waals surface area contributed by atoms with Crippen molar-refractivity contribution >= 4 is 5.91 Å². The van der Waals surface area contributed by atoms with Gasteiger partial charge in [-0.2, -0.15) is 0 Å². The highest BCUT2D eigenvalue weighted by molar-refractivity contribution is 5.76. The zero-order valence-electron chi connectivity index (χ0n) is 13.1. The van der Waals surface area contributed by atoms with Crippen LogP contribution in [0, 0.1) is 5.41 Å². The molecule has 1 aromatic carbocycles. The summed E-state index contributed by atoms with van der Waals surface area (Å²) in [6, 6.07) is 9.67. The minimum atomic E-state index is 0.220. The fourth-order valence-electron chi connectivity index (χ4n) is 3.47. The molecule has 0 bridgehead atoms. The van der Waals surface area contributed by atoms with Crippen LogP contribution in [-0.2, 0) is 9.53 Å². The molecule has 2 fully saturated rings. The van der Waals surface area contributed by atoms with Crippen molar-refractivity contribution in [1.82, 2.24) is 4.90 Å². The Morgan fingerprint density at radius 1 is 1.09 bits per heavy atom. The maximum absolute atomic E-state index is 12.3. The molecule has 0 aromatic heterocycles. The summed E-state index contributed by atoms with van der Waals surface area (Å²) in [5, 5.41) is 0. The van der Waals surface area contributed by atoms with E-state index in [9.17, 15) is 4.79 Å². The Balaban J connectivity index is 1.40. The molecule has 1 aromatic rings. The number of hydrogen-bond acceptors (Lipinski definition) is 3. The maximum Gasteiger partial charge on any atom is 0.225 e. The number of likely N-dealkylation sites (tertiary alicyclic amines) is 1. The molecule has 1 amide bonds. The van der Waals surface area contributed by atoms with Gasteiger partial charge in [0.15, 0.2) is 0 Å². The minimum absolute atomic E-state index is 0.220. The second-order valence-electron chi connectivity index (χ2n) is 6.40. The first-order valence-electron chi connectivity index (χ1n) is 8.31. The van der Waals surface area contributed by atoms with Gasteiger partial charge in [-0.3, -0.25) is 4.79 Å². The highest BCUT2D eigenvalue weighted by Crippen LogP contribution is 2.40. The molecular weight excluding hydrogens is 278 g/mol. The number of amides is 1. The van der Waals surface area contributed by atoms with Crippen molar-refractivity contribution < 1.29 is 14.3 Å². The van der Waals surface area contributed by atoms with Gasteiger partial charge >= 0.3 is 0 Å². The molecule has 2 heterocycles. The Morgan fingerprint density at radius 3 is 2.45 bits per heavy atom. The van der Waals surface area contributed by atoms with Crippen molar-refractivity contribution in [2.45, 2.75) is 32.1 Å². The molecule has 22 heavy (non-hydrogen) atoms. The zero-order valence-corrected chi connectivity index (χ0v) is 13.1. The molecule has 0 radical (unpaired) electrons. The minimum Gasteiger partial charge on any atom is -0.493 e. The first-order valence-corrected chi connectivity index (χ1v) is 8.31. The van der Waals surface area contributed by atoms with E-state index in [4.69, 9.17) is 9.47 Å². The topological polar surface area (TPSA) is 38.8 Å². The van der Waals surface area contributed by atoms with Crippen LogP contribution in [0.4, 0.5) is 0 Å². The van der Waals surface area contributed by atoms with Gasteiger partial charge in [0, 0.05) is 26.3 Å². The van der Waals surface area contributed by atoms with Crippen LogP contribution in [-0.4, -0.2) is 43.7 Å². The molecule has 0 atom stereocenters. The third-order valence-corrected chi connectivity index (χ3v) is 5.06. The van der Waals surface area contributed by atoms with Crippen molar-refractivity contribution in [3.05, 3.63) is 30.3 Å². The van der Waals surface area contributed by atoms with E-state index < -0.39 is 0 Å². The molecule has 0 N–H and O–H groups in total. The molecule has 0 unspecified atom stereocenters. The van der Waals surface area contributed by atoms with Crippen molar-refractivity contribution in [1.29, 1.82) is 0 Å². The second-order valence-corrected chi connectivity index (χ2v) is 6.40. The average Bonchev–Trinajstić information content (AvgIpc) is 2.57. The van der Waals surface area contributed by atoms with Crippen LogP contribution in [0.25, 0.3) is 0 Å². The smallest absolute Gasteiger partial charge is 0.225 e. The average molecular weight is 303 g/mol. The largest absolute Gasteiger partial charge is 0.493 e. The standard InChI is InChI=1S/C18H25NO3/c20-17(6-13-22-16-4-2-1-3-5-16)19-11-7-18(8-12-19)9-14-21-15-10-18/h1-5H,6-15H2. The van der Waals surface area contributed by atoms with E-state index >= 15 is 0 Å². The highest BCUT2D eigenvalue weighted by atomic mass is 16.5. The van der Waals surface area contributed by atoms with Gasteiger partial charge in [0.25, 0.3) is 0 Å². The summed E-state index contributed by atoms with van der Waals surface area (Å²) < 4.78 is 11.1. The van der Waals surface area contributed by atoms with E-state index in [2.05, 4.69) is 0 Å². The summed E-state index contributed by atoms with van der Waals surface area (Å²) in [6.07, 6.45) is 5.03. The second kappa shape index (κ2) is 7.14. The number of hydrogen-bond donors (Lipinski definition) is 0. The van der Waals surface area contributed by atoms with E-state index in [1.807, 2.05) is 35.2 Å². The Labute approximate surface area is 132 Å². The summed E-state index contributed by atoms with van der Waals surface area (Å²) in [6.45, 7) is 4.02. The van der Waals surface area contributed by atoms with Gasteiger partial charge in [0.1, 0.15) is 5.75 Å².